The molecule has 27 heavy (non-hydrogen) atoms. The van der Waals surface area contributed by atoms with E-state index in [2.05, 4.69) is 9.88 Å². The molecule has 5 nitrogen and oxygen atoms in total. The molecule has 8 heteroatoms. The number of esters is 1. The molecule has 2 aromatic rings. The van der Waals surface area contributed by atoms with Gasteiger partial charge in [-0.2, -0.15) is 0 Å². The Kier molecular flexibility index (Phi) is 5.60. The zero-order valence-electron chi connectivity index (χ0n) is 15.8. The Bertz CT molecular complexity index is 998. The van der Waals surface area contributed by atoms with E-state index in [1.807, 2.05) is 39.8 Å². The fraction of sp³-hybridized carbons (Fsp3) is 0.316. The highest BCUT2D eigenvalue weighted by molar-refractivity contribution is 8.26. The monoisotopic (exact) mass is 420 g/mol. The van der Waals surface area contributed by atoms with Gasteiger partial charge in [0.25, 0.3) is 5.91 Å². The van der Waals surface area contributed by atoms with E-state index in [0.29, 0.717) is 21.4 Å². The van der Waals surface area contributed by atoms with Crippen LogP contribution < -0.4 is 5.32 Å². The van der Waals surface area contributed by atoms with Crippen LogP contribution in [0.15, 0.2) is 11.0 Å². The third-order valence-corrected chi connectivity index (χ3v) is 6.80. The van der Waals surface area contributed by atoms with Gasteiger partial charge in [-0.25, -0.2) is 4.79 Å². The second-order valence-corrected chi connectivity index (χ2v) is 9.12. The Labute approximate surface area is 171 Å². The molecule has 0 aromatic carbocycles. The highest BCUT2D eigenvalue weighted by atomic mass is 32.2. The molecule has 3 heterocycles. The van der Waals surface area contributed by atoms with Crippen LogP contribution >= 0.6 is 35.3 Å². The van der Waals surface area contributed by atoms with Gasteiger partial charge in [0.2, 0.25) is 0 Å². The number of aryl methyl sites for hydroxylation is 2. The Morgan fingerprint density at radius 3 is 2.63 bits per heavy atom. The second-order valence-electron chi connectivity index (χ2n) is 6.20. The molecule has 2 aromatic heterocycles. The van der Waals surface area contributed by atoms with Crippen LogP contribution in [0.1, 0.15) is 44.7 Å². The van der Waals surface area contributed by atoms with Gasteiger partial charge in [-0.1, -0.05) is 24.0 Å². The maximum Gasteiger partial charge on any atom is 0.341 e. The van der Waals surface area contributed by atoms with Crippen molar-refractivity contribution >= 4 is 57.6 Å². The van der Waals surface area contributed by atoms with Crippen molar-refractivity contribution in [3.63, 3.8) is 0 Å². The molecule has 0 atom stereocenters. The lowest BCUT2D eigenvalue weighted by atomic mass is 10.1. The van der Waals surface area contributed by atoms with Gasteiger partial charge in [-0.05, 0) is 57.9 Å². The highest BCUT2D eigenvalue weighted by Crippen LogP contribution is 2.35. The van der Waals surface area contributed by atoms with Gasteiger partial charge in [-0.15, -0.1) is 11.3 Å². The summed E-state index contributed by atoms with van der Waals surface area (Å²) in [5.74, 6) is -0.484. The summed E-state index contributed by atoms with van der Waals surface area (Å²) in [5.41, 5.74) is 4.41. The van der Waals surface area contributed by atoms with Gasteiger partial charge in [0.15, 0.2) is 0 Å². The number of rotatable bonds is 4. The third kappa shape index (κ3) is 3.61. The standard InChI is InChI=1S/C19H20N2O3S3/c1-6-24-18(23)15-10(3)12(5)26-17(15)21-9(2)7-13(11(21)4)8-14-16(22)20-19(25)27-14/h7-8H,6H2,1-5H3,(H,20,22,25)/b14-8-. The van der Waals surface area contributed by atoms with Crippen molar-refractivity contribution in [2.75, 3.05) is 6.61 Å². The first kappa shape index (κ1) is 19.9. The largest absolute Gasteiger partial charge is 0.462 e. The molecule has 1 N–H and O–H groups in total. The van der Waals surface area contributed by atoms with Gasteiger partial charge in [0.1, 0.15) is 9.32 Å². The fourth-order valence-electron chi connectivity index (χ4n) is 3.02. The lowest BCUT2D eigenvalue weighted by Gasteiger charge is -2.11. The van der Waals surface area contributed by atoms with Crippen molar-refractivity contribution in [3.8, 4) is 5.00 Å². The summed E-state index contributed by atoms with van der Waals surface area (Å²) >= 11 is 7.88. The molecule has 0 radical (unpaired) electrons. The number of hydrogen-bond acceptors (Lipinski definition) is 6. The summed E-state index contributed by atoms with van der Waals surface area (Å²) in [6.45, 7) is 10.1. The van der Waals surface area contributed by atoms with E-state index >= 15 is 0 Å². The van der Waals surface area contributed by atoms with E-state index in [1.165, 1.54) is 11.8 Å². The van der Waals surface area contributed by atoms with Crippen LogP contribution in [0, 0.1) is 27.7 Å². The molecule has 0 aliphatic carbocycles. The number of carbonyl (C=O) groups excluding carboxylic acids is 2. The molecule has 1 amide bonds. The van der Waals surface area contributed by atoms with Crippen molar-refractivity contribution < 1.29 is 14.3 Å². The number of thiophene rings is 1. The molecule has 0 unspecified atom stereocenters. The summed E-state index contributed by atoms with van der Waals surface area (Å²) in [6, 6.07) is 2.01. The van der Waals surface area contributed by atoms with E-state index in [-0.39, 0.29) is 11.9 Å². The summed E-state index contributed by atoms with van der Waals surface area (Å²) in [5, 5.41) is 3.48. The zero-order chi connectivity index (χ0) is 19.9. The van der Waals surface area contributed by atoms with Gasteiger partial charge in [-0.3, -0.25) is 4.79 Å². The predicted molar refractivity (Wildman–Crippen MR) is 115 cm³/mol. The molecule has 1 aliphatic rings. The maximum absolute atomic E-state index is 12.5. The molecule has 3 rings (SSSR count). The smallest absolute Gasteiger partial charge is 0.341 e. The molecule has 142 valence electrons. The van der Waals surface area contributed by atoms with Gasteiger partial charge in [0, 0.05) is 16.3 Å². The third-order valence-electron chi connectivity index (χ3n) is 4.45. The number of thiocarbonyl (C=S) groups is 1. The maximum atomic E-state index is 12.5. The van der Waals surface area contributed by atoms with Gasteiger partial charge < -0.3 is 14.6 Å². The van der Waals surface area contributed by atoms with Crippen LogP contribution in [0.4, 0.5) is 0 Å². The fourth-order valence-corrected chi connectivity index (χ4v) is 5.31. The molecular weight excluding hydrogens is 400 g/mol. The quantitative estimate of drug-likeness (QED) is 0.450. The summed E-state index contributed by atoms with van der Waals surface area (Å²) in [6.07, 6.45) is 1.84. The summed E-state index contributed by atoms with van der Waals surface area (Å²) in [4.78, 5) is 26.2. The van der Waals surface area contributed by atoms with E-state index < -0.39 is 0 Å². The molecule has 1 aliphatic heterocycles. The molecule has 0 spiro atoms. The Balaban J connectivity index is 2.13. The lowest BCUT2D eigenvalue weighted by Crippen LogP contribution is -2.17. The van der Waals surface area contributed by atoms with E-state index in [0.717, 1.165) is 32.4 Å². The van der Waals surface area contributed by atoms with Crippen LogP contribution in [0.3, 0.4) is 0 Å². The minimum absolute atomic E-state index is 0.176. The normalized spacial score (nSPS) is 15.5. The Morgan fingerprint density at radius 1 is 1.33 bits per heavy atom. The SMILES string of the molecule is CCOC(=O)c1c(-n2c(C)cc(/C=C3\SC(=S)NC3=O)c2C)sc(C)c1C. The first-order valence-electron chi connectivity index (χ1n) is 8.45. The molecule has 0 bridgehead atoms. The molecule has 1 fully saturated rings. The Hall–Kier alpha value is -1.90. The average molecular weight is 421 g/mol. The lowest BCUT2D eigenvalue weighted by molar-refractivity contribution is -0.115. The first-order valence-corrected chi connectivity index (χ1v) is 10.5. The predicted octanol–water partition coefficient (Wildman–Crippen LogP) is 4.44. The Morgan fingerprint density at radius 2 is 2.04 bits per heavy atom. The van der Waals surface area contributed by atoms with E-state index in [4.69, 9.17) is 17.0 Å². The van der Waals surface area contributed by atoms with Gasteiger partial charge >= 0.3 is 5.97 Å². The van der Waals surface area contributed by atoms with Crippen LogP contribution in [0.5, 0.6) is 0 Å². The van der Waals surface area contributed by atoms with Crippen LogP contribution in [-0.2, 0) is 9.53 Å². The van der Waals surface area contributed by atoms with Crippen molar-refractivity contribution in [1.82, 2.24) is 9.88 Å². The number of nitrogens with zero attached hydrogens (tertiary/aromatic N) is 1. The first-order chi connectivity index (χ1) is 12.7. The number of carbonyl (C=O) groups is 2. The van der Waals surface area contributed by atoms with Gasteiger partial charge in [0.05, 0.1) is 17.1 Å². The number of hydrogen-bond donors (Lipinski definition) is 1. The number of amides is 1. The van der Waals surface area contributed by atoms with Crippen molar-refractivity contribution in [2.24, 2.45) is 0 Å². The molecule has 0 saturated carbocycles. The summed E-state index contributed by atoms with van der Waals surface area (Å²) in [7, 11) is 0. The highest BCUT2D eigenvalue weighted by Gasteiger charge is 2.26. The number of aromatic nitrogens is 1. The minimum Gasteiger partial charge on any atom is -0.462 e. The van der Waals surface area contributed by atoms with Crippen molar-refractivity contribution in [1.29, 1.82) is 0 Å². The van der Waals surface area contributed by atoms with Crippen LogP contribution in [0.25, 0.3) is 11.1 Å². The number of nitrogens with one attached hydrogen (secondary N) is 1. The summed E-state index contributed by atoms with van der Waals surface area (Å²) < 4.78 is 7.80. The van der Waals surface area contributed by atoms with Crippen LogP contribution in [-0.4, -0.2) is 27.4 Å². The van der Waals surface area contributed by atoms with Crippen molar-refractivity contribution in [3.05, 3.63) is 43.9 Å². The zero-order valence-corrected chi connectivity index (χ0v) is 18.2. The number of thioether (sulfide) groups is 1. The van der Waals surface area contributed by atoms with E-state index in [1.54, 1.807) is 18.3 Å². The van der Waals surface area contributed by atoms with Crippen LogP contribution in [0.2, 0.25) is 0 Å². The average Bonchev–Trinajstić information content (AvgIpc) is 3.15. The topological polar surface area (TPSA) is 60.3 Å². The molecular formula is C19H20N2O3S3. The van der Waals surface area contributed by atoms with E-state index in [9.17, 15) is 9.59 Å². The second kappa shape index (κ2) is 7.61. The molecule has 1 saturated heterocycles. The van der Waals surface area contributed by atoms with Crippen molar-refractivity contribution in [2.45, 2.75) is 34.6 Å². The minimum atomic E-state index is -0.308. The number of ether oxygens (including phenoxy) is 1.